The van der Waals surface area contributed by atoms with E-state index in [0.29, 0.717) is 5.84 Å². The molecule has 0 saturated carbocycles. The lowest BCUT2D eigenvalue weighted by molar-refractivity contribution is -0.127. The molecule has 2 amide bonds. The summed E-state index contributed by atoms with van der Waals surface area (Å²) in [6.07, 6.45) is -0.157. The summed E-state index contributed by atoms with van der Waals surface area (Å²) in [4.78, 5) is 26.0. The first-order valence-corrected chi connectivity index (χ1v) is 4.63. The molecule has 0 bridgehead atoms. The summed E-state index contributed by atoms with van der Waals surface area (Å²) in [6, 6.07) is 7.48. The van der Waals surface area contributed by atoms with Gasteiger partial charge in [-0.1, -0.05) is 23.8 Å². The summed E-state index contributed by atoms with van der Waals surface area (Å²) in [7, 11) is 0. The van der Waals surface area contributed by atoms with E-state index in [0.717, 1.165) is 11.1 Å². The van der Waals surface area contributed by atoms with Gasteiger partial charge >= 0.3 is 0 Å². The Kier molecular flexibility index (Phi) is 2.33. The van der Waals surface area contributed by atoms with Crippen molar-refractivity contribution < 1.29 is 9.59 Å². The van der Waals surface area contributed by atoms with Crippen LogP contribution in [0.1, 0.15) is 17.5 Å². The fourth-order valence-electron chi connectivity index (χ4n) is 1.43. The monoisotopic (exact) mass is 202 g/mol. The van der Waals surface area contributed by atoms with E-state index in [4.69, 9.17) is 0 Å². The van der Waals surface area contributed by atoms with Crippen LogP contribution in [0, 0.1) is 6.92 Å². The zero-order chi connectivity index (χ0) is 10.8. The van der Waals surface area contributed by atoms with E-state index in [1.807, 2.05) is 31.2 Å². The van der Waals surface area contributed by atoms with E-state index < -0.39 is 5.91 Å². The largest absolute Gasteiger partial charge is 0.310 e. The lowest BCUT2D eigenvalue weighted by atomic mass is 10.1. The molecule has 0 unspecified atom stereocenters. The summed E-state index contributed by atoms with van der Waals surface area (Å²) >= 11 is 0. The van der Waals surface area contributed by atoms with Crippen LogP contribution in [0.2, 0.25) is 0 Å². The van der Waals surface area contributed by atoms with Crippen LogP contribution in [0.25, 0.3) is 0 Å². The van der Waals surface area contributed by atoms with E-state index >= 15 is 0 Å². The van der Waals surface area contributed by atoms with Gasteiger partial charge in [-0.2, -0.15) is 4.99 Å². The van der Waals surface area contributed by atoms with Crippen molar-refractivity contribution in [1.82, 2.24) is 5.32 Å². The lowest BCUT2D eigenvalue weighted by Gasteiger charge is -2.12. The summed E-state index contributed by atoms with van der Waals surface area (Å²) in [5.74, 6) is -0.346. The third-order valence-electron chi connectivity index (χ3n) is 2.10. The minimum Gasteiger partial charge on any atom is -0.310 e. The quantitative estimate of drug-likeness (QED) is 0.684. The topological polar surface area (TPSA) is 58.5 Å². The highest BCUT2D eigenvalue weighted by Gasteiger charge is 2.18. The number of amidine groups is 1. The van der Waals surface area contributed by atoms with Crippen LogP contribution in [-0.2, 0) is 9.59 Å². The SMILES string of the molecule is Cc1cccc(C2=NC(=O)CC(=O)N2)c1. The Balaban J connectivity index is 2.39. The van der Waals surface area contributed by atoms with Crippen molar-refractivity contribution in [2.75, 3.05) is 0 Å². The second-order valence-electron chi connectivity index (χ2n) is 3.45. The molecule has 0 spiro atoms. The molecule has 1 aromatic rings. The minimum atomic E-state index is -0.393. The van der Waals surface area contributed by atoms with Crippen LogP contribution in [-0.4, -0.2) is 17.6 Å². The second kappa shape index (κ2) is 3.65. The van der Waals surface area contributed by atoms with Crippen molar-refractivity contribution in [3.8, 4) is 0 Å². The van der Waals surface area contributed by atoms with Gasteiger partial charge in [0.2, 0.25) is 5.91 Å². The fourth-order valence-corrected chi connectivity index (χ4v) is 1.43. The third-order valence-corrected chi connectivity index (χ3v) is 2.10. The maximum absolute atomic E-state index is 11.1. The van der Waals surface area contributed by atoms with E-state index in [9.17, 15) is 9.59 Å². The number of aliphatic imine (C=N–C) groups is 1. The Labute approximate surface area is 87.0 Å². The standard InChI is InChI=1S/C11H10N2O2/c1-7-3-2-4-8(5-7)11-12-9(14)6-10(15)13-11/h2-5H,6H2,1H3,(H,12,13,14,15). The molecule has 1 aliphatic heterocycles. The highest BCUT2D eigenvalue weighted by atomic mass is 16.2. The van der Waals surface area contributed by atoms with Gasteiger partial charge in [0.1, 0.15) is 12.3 Å². The first-order chi connectivity index (χ1) is 7.15. The molecule has 0 aromatic heterocycles. The van der Waals surface area contributed by atoms with Crippen LogP contribution in [0.15, 0.2) is 29.3 Å². The Morgan fingerprint density at radius 3 is 2.80 bits per heavy atom. The third kappa shape index (κ3) is 2.10. The molecule has 1 heterocycles. The van der Waals surface area contributed by atoms with E-state index in [1.54, 1.807) is 0 Å². The molecule has 0 saturated heterocycles. The van der Waals surface area contributed by atoms with Crippen molar-refractivity contribution in [3.63, 3.8) is 0 Å². The van der Waals surface area contributed by atoms with Gasteiger partial charge in [-0.3, -0.25) is 9.59 Å². The normalized spacial score (nSPS) is 15.9. The summed E-state index contributed by atoms with van der Waals surface area (Å²) in [5, 5.41) is 2.58. The summed E-state index contributed by atoms with van der Waals surface area (Å²) in [5.41, 5.74) is 1.82. The number of carbonyl (C=O) groups excluding carboxylic acids is 2. The van der Waals surface area contributed by atoms with Crippen LogP contribution in [0.4, 0.5) is 0 Å². The molecular formula is C11H10N2O2. The molecule has 0 radical (unpaired) electrons. The van der Waals surface area contributed by atoms with Crippen LogP contribution in [0.3, 0.4) is 0 Å². The Hall–Kier alpha value is -1.97. The van der Waals surface area contributed by atoms with Gasteiger partial charge in [-0.15, -0.1) is 0 Å². The predicted molar refractivity (Wildman–Crippen MR) is 55.5 cm³/mol. The predicted octanol–water partition coefficient (Wildman–Crippen LogP) is 0.788. The number of carbonyl (C=O) groups is 2. The van der Waals surface area contributed by atoms with Gasteiger partial charge in [0, 0.05) is 5.56 Å². The summed E-state index contributed by atoms with van der Waals surface area (Å²) < 4.78 is 0. The number of amides is 2. The molecule has 0 aliphatic carbocycles. The van der Waals surface area contributed by atoms with Crippen molar-refractivity contribution in [3.05, 3.63) is 35.4 Å². The van der Waals surface area contributed by atoms with Gasteiger partial charge < -0.3 is 5.32 Å². The van der Waals surface area contributed by atoms with Gasteiger partial charge in [-0.25, -0.2) is 0 Å². The van der Waals surface area contributed by atoms with E-state index in [2.05, 4.69) is 10.3 Å². The molecule has 0 fully saturated rings. The lowest BCUT2D eigenvalue weighted by Crippen LogP contribution is -2.37. The van der Waals surface area contributed by atoms with Crippen molar-refractivity contribution >= 4 is 17.6 Å². The average molecular weight is 202 g/mol. The first kappa shape index (κ1) is 9.58. The minimum absolute atomic E-state index is 0.157. The molecule has 1 N–H and O–H groups in total. The highest BCUT2D eigenvalue weighted by Crippen LogP contribution is 2.07. The zero-order valence-electron chi connectivity index (χ0n) is 8.28. The molecule has 4 heteroatoms. The second-order valence-corrected chi connectivity index (χ2v) is 3.45. The first-order valence-electron chi connectivity index (χ1n) is 4.63. The van der Waals surface area contributed by atoms with E-state index in [-0.39, 0.29) is 12.3 Å². The maximum atomic E-state index is 11.1. The number of benzene rings is 1. The number of aryl methyl sites for hydroxylation is 1. The Morgan fingerprint density at radius 1 is 1.33 bits per heavy atom. The van der Waals surface area contributed by atoms with Crippen molar-refractivity contribution in [1.29, 1.82) is 0 Å². The van der Waals surface area contributed by atoms with E-state index in [1.165, 1.54) is 0 Å². The number of hydrogen-bond acceptors (Lipinski definition) is 2. The van der Waals surface area contributed by atoms with Crippen LogP contribution in [0.5, 0.6) is 0 Å². The fraction of sp³-hybridized carbons (Fsp3) is 0.182. The zero-order valence-corrected chi connectivity index (χ0v) is 8.28. The van der Waals surface area contributed by atoms with Gasteiger partial charge in [0.05, 0.1) is 0 Å². The molecule has 1 aliphatic rings. The van der Waals surface area contributed by atoms with Crippen LogP contribution >= 0.6 is 0 Å². The number of hydrogen-bond donors (Lipinski definition) is 1. The average Bonchev–Trinajstić information content (AvgIpc) is 2.16. The molecule has 15 heavy (non-hydrogen) atoms. The van der Waals surface area contributed by atoms with Crippen molar-refractivity contribution in [2.45, 2.75) is 13.3 Å². The van der Waals surface area contributed by atoms with Gasteiger partial charge in [0.25, 0.3) is 5.91 Å². The molecule has 2 rings (SSSR count). The smallest absolute Gasteiger partial charge is 0.257 e. The Morgan fingerprint density at radius 2 is 2.13 bits per heavy atom. The van der Waals surface area contributed by atoms with Crippen molar-refractivity contribution in [2.24, 2.45) is 4.99 Å². The van der Waals surface area contributed by atoms with Crippen LogP contribution < -0.4 is 5.32 Å². The molecule has 4 nitrogen and oxygen atoms in total. The molecule has 0 atom stereocenters. The van der Waals surface area contributed by atoms with Gasteiger partial charge in [-0.05, 0) is 13.0 Å². The number of nitrogens with zero attached hydrogens (tertiary/aromatic N) is 1. The Bertz CT molecular complexity index is 463. The number of nitrogens with one attached hydrogen (secondary N) is 1. The molecule has 1 aromatic carbocycles. The molecule has 76 valence electrons. The molecular weight excluding hydrogens is 192 g/mol. The number of rotatable bonds is 1. The highest BCUT2D eigenvalue weighted by molar-refractivity contribution is 6.19. The maximum Gasteiger partial charge on any atom is 0.257 e. The van der Waals surface area contributed by atoms with Gasteiger partial charge in [0.15, 0.2) is 0 Å². The summed E-state index contributed by atoms with van der Waals surface area (Å²) in [6.45, 7) is 1.94.